The molecule has 0 aromatic heterocycles. The predicted molar refractivity (Wildman–Crippen MR) is 118 cm³/mol. The molecule has 5 heteroatoms. The van der Waals surface area contributed by atoms with Crippen molar-refractivity contribution in [2.24, 2.45) is 23.7 Å². The van der Waals surface area contributed by atoms with Crippen molar-refractivity contribution in [2.45, 2.75) is 33.5 Å². The van der Waals surface area contributed by atoms with E-state index < -0.39 is 5.97 Å². The molecule has 0 unspecified atom stereocenters. The summed E-state index contributed by atoms with van der Waals surface area (Å²) in [6, 6.07) is 12.7. The first-order valence-corrected chi connectivity index (χ1v) is 10.8. The van der Waals surface area contributed by atoms with Crippen LogP contribution >= 0.6 is 0 Å². The number of hydrogen-bond donors (Lipinski definition) is 1. The second kappa shape index (κ2) is 8.75. The molecule has 1 N–H and O–H groups in total. The molecule has 2 aromatic rings. The van der Waals surface area contributed by atoms with Crippen molar-refractivity contribution in [3.63, 3.8) is 0 Å². The summed E-state index contributed by atoms with van der Waals surface area (Å²) in [6.45, 7) is 7.97. The second-order valence-electron chi connectivity index (χ2n) is 8.77. The molecule has 1 aliphatic carbocycles. The Bertz CT molecular complexity index is 978. The molecule has 2 bridgehead atoms. The summed E-state index contributed by atoms with van der Waals surface area (Å²) in [5, 5.41) is 9.02. The van der Waals surface area contributed by atoms with E-state index >= 15 is 0 Å². The fraction of sp³-hybridized carbons (Fsp3) is 0.423. The summed E-state index contributed by atoms with van der Waals surface area (Å²) in [5.41, 5.74) is 3.66. The van der Waals surface area contributed by atoms with Crippen molar-refractivity contribution in [2.75, 3.05) is 13.7 Å². The quantitative estimate of drug-likeness (QED) is 0.622. The highest BCUT2D eigenvalue weighted by Gasteiger charge is 2.43. The molecule has 5 nitrogen and oxygen atoms in total. The Morgan fingerprint density at radius 2 is 1.87 bits per heavy atom. The van der Waals surface area contributed by atoms with Gasteiger partial charge >= 0.3 is 5.97 Å². The molecule has 2 aliphatic rings. The number of allylic oxidation sites excluding steroid dienone is 1. The molecule has 2 aromatic carbocycles. The number of aromatic carboxylic acids is 1. The molecule has 31 heavy (non-hydrogen) atoms. The third kappa shape index (κ3) is 4.19. The smallest absolute Gasteiger partial charge is 0.335 e. The molecule has 1 fully saturated rings. The fourth-order valence-corrected chi connectivity index (χ4v) is 5.13. The van der Waals surface area contributed by atoms with E-state index in [9.17, 15) is 4.79 Å². The predicted octanol–water partition coefficient (Wildman–Crippen LogP) is 5.51. The van der Waals surface area contributed by atoms with Gasteiger partial charge in [-0.05, 0) is 60.1 Å². The van der Waals surface area contributed by atoms with Gasteiger partial charge in [-0.1, -0.05) is 43.7 Å². The lowest BCUT2D eigenvalue weighted by atomic mass is 9.64. The van der Waals surface area contributed by atoms with Gasteiger partial charge in [-0.25, -0.2) is 4.79 Å². The Morgan fingerprint density at radius 1 is 1.13 bits per heavy atom. The first-order valence-electron chi connectivity index (χ1n) is 10.8. The monoisotopic (exact) mass is 422 g/mol. The van der Waals surface area contributed by atoms with Crippen LogP contribution in [0.4, 0.5) is 0 Å². The molecular weight excluding hydrogens is 392 g/mol. The molecular formula is C26H30O5. The molecule has 5 atom stereocenters. The average Bonchev–Trinajstić information content (AvgIpc) is 2.76. The van der Waals surface area contributed by atoms with Crippen LogP contribution in [0, 0.1) is 23.7 Å². The van der Waals surface area contributed by atoms with Crippen molar-refractivity contribution >= 4 is 5.97 Å². The Labute approximate surface area is 183 Å². The van der Waals surface area contributed by atoms with Crippen LogP contribution in [-0.4, -0.2) is 24.8 Å². The number of carboxylic acids is 1. The van der Waals surface area contributed by atoms with Crippen LogP contribution in [0.1, 0.15) is 48.4 Å². The molecule has 1 heterocycles. The number of benzene rings is 2. The lowest BCUT2D eigenvalue weighted by Gasteiger charge is -2.47. The molecule has 0 spiro atoms. The summed E-state index contributed by atoms with van der Waals surface area (Å²) < 4.78 is 17.9. The number of rotatable bonds is 6. The number of hydrogen-bond acceptors (Lipinski definition) is 4. The van der Waals surface area contributed by atoms with Crippen molar-refractivity contribution in [3.05, 3.63) is 70.8 Å². The summed E-state index contributed by atoms with van der Waals surface area (Å²) >= 11 is 0. The zero-order valence-corrected chi connectivity index (χ0v) is 18.5. The van der Waals surface area contributed by atoms with Gasteiger partial charge in [0.1, 0.15) is 6.61 Å². The van der Waals surface area contributed by atoms with E-state index in [1.165, 1.54) is 5.57 Å². The maximum atomic E-state index is 11.0. The molecule has 0 saturated carbocycles. The molecule has 4 rings (SSSR count). The highest BCUT2D eigenvalue weighted by Crippen LogP contribution is 2.50. The van der Waals surface area contributed by atoms with Crippen LogP contribution in [0.3, 0.4) is 0 Å². The number of ether oxygens (including phenoxy) is 3. The van der Waals surface area contributed by atoms with E-state index in [4.69, 9.17) is 19.3 Å². The normalized spacial score (nSPS) is 27.4. The first-order chi connectivity index (χ1) is 14.9. The van der Waals surface area contributed by atoms with Crippen molar-refractivity contribution < 1.29 is 24.1 Å². The first kappa shape index (κ1) is 21.4. The zero-order valence-electron chi connectivity index (χ0n) is 18.5. The van der Waals surface area contributed by atoms with Crippen LogP contribution in [0.2, 0.25) is 0 Å². The molecule has 164 valence electrons. The largest absolute Gasteiger partial charge is 0.493 e. The van der Waals surface area contributed by atoms with Crippen LogP contribution in [0.15, 0.2) is 54.1 Å². The zero-order chi connectivity index (χ0) is 22.1. The maximum absolute atomic E-state index is 11.0. The van der Waals surface area contributed by atoms with Gasteiger partial charge in [-0.3, -0.25) is 0 Å². The number of methoxy groups -OCH3 is 1. The van der Waals surface area contributed by atoms with E-state index in [-0.39, 0.29) is 11.7 Å². The van der Waals surface area contributed by atoms with E-state index in [2.05, 4.69) is 32.9 Å². The third-order valence-electron chi connectivity index (χ3n) is 6.87. The van der Waals surface area contributed by atoms with Gasteiger partial charge in [0, 0.05) is 5.92 Å². The van der Waals surface area contributed by atoms with Gasteiger partial charge in [0.05, 0.1) is 25.4 Å². The van der Waals surface area contributed by atoms with E-state index in [0.717, 1.165) is 17.7 Å². The minimum Gasteiger partial charge on any atom is -0.493 e. The fourth-order valence-electron chi connectivity index (χ4n) is 5.13. The van der Waals surface area contributed by atoms with E-state index in [1.54, 1.807) is 31.4 Å². The Balaban J connectivity index is 1.52. The Hall–Kier alpha value is -2.79. The highest BCUT2D eigenvalue weighted by atomic mass is 16.5. The summed E-state index contributed by atoms with van der Waals surface area (Å²) in [7, 11) is 1.64. The topological polar surface area (TPSA) is 65.0 Å². The van der Waals surface area contributed by atoms with Gasteiger partial charge in [-0.2, -0.15) is 0 Å². The van der Waals surface area contributed by atoms with E-state index in [1.807, 2.05) is 12.1 Å². The Morgan fingerprint density at radius 3 is 2.55 bits per heavy atom. The standard InChI is InChI=1S/C26H30O5/c1-15-11-16(2)24-17(3)21(15)14-31-25(24)20-9-10-22(23(12-20)29-4)30-13-18-5-7-19(8-6-18)26(27)28/h5-12,15,17,21,24-25H,13-14H2,1-4H3,(H,27,28)/t15-,17-,21-,24+,25-/m1/s1. The Kier molecular flexibility index (Phi) is 6.05. The molecule has 0 radical (unpaired) electrons. The second-order valence-corrected chi connectivity index (χ2v) is 8.77. The summed E-state index contributed by atoms with van der Waals surface area (Å²) in [6.07, 6.45) is 2.43. The third-order valence-corrected chi connectivity index (χ3v) is 6.87. The number of carbonyl (C=O) groups is 1. The summed E-state index contributed by atoms with van der Waals surface area (Å²) in [4.78, 5) is 11.0. The maximum Gasteiger partial charge on any atom is 0.335 e. The van der Waals surface area contributed by atoms with Gasteiger partial charge in [0.15, 0.2) is 11.5 Å². The average molecular weight is 423 g/mol. The SMILES string of the molecule is COc1cc([C@H]2OC[C@H]3[C@@H](C)[C@@H]2C(C)=C[C@H]3C)ccc1OCc1ccc(C(=O)O)cc1. The van der Waals surface area contributed by atoms with Gasteiger partial charge in [0.25, 0.3) is 0 Å². The molecule has 0 amide bonds. The van der Waals surface area contributed by atoms with Gasteiger partial charge in [0.2, 0.25) is 0 Å². The highest BCUT2D eigenvalue weighted by molar-refractivity contribution is 5.87. The van der Waals surface area contributed by atoms with Gasteiger partial charge in [-0.15, -0.1) is 0 Å². The van der Waals surface area contributed by atoms with Crippen LogP contribution in [-0.2, 0) is 11.3 Å². The number of carboxylic acid groups (broad SMARTS) is 1. The van der Waals surface area contributed by atoms with Crippen molar-refractivity contribution in [3.8, 4) is 11.5 Å². The minimum atomic E-state index is -0.937. The molecule has 1 saturated heterocycles. The lowest BCUT2D eigenvalue weighted by molar-refractivity contribution is -0.0935. The van der Waals surface area contributed by atoms with Crippen LogP contribution < -0.4 is 9.47 Å². The lowest BCUT2D eigenvalue weighted by Crippen LogP contribution is -2.42. The van der Waals surface area contributed by atoms with Crippen LogP contribution in [0.25, 0.3) is 0 Å². The summed E-state index contributed by atoms with van der Waals surface area (Å²) in [5.74, 6) is 2.47. The van der Waals surface area contributed by atoms with Crippen molar-refractivity contribution in [1.29, 1.82) is 0 Å². The minimum absolute atomic E-state index is 0.0153. The van der Waals surface area contributed by atoms with Crippen LogP contribution in [0.5, 0.6) is 11.5 Å². The molecule has 1 aliphatic heterocycles. The number of fused-ring (bicyclic) bond motifs is 2. The van der Waals surface area contributed by atoms with Crippen molar-refractivity contribution in [1.82, 2.24) is 0 Å². The van der Waals surface area contributed by atoms with E-state index in [0.29, 0.717) is 41.8 Å². The van der Waals surface area contributed by atoms with Gasteiger partial charge < -0.3 is 19.3 Å².